The van der Waals surface area contributed by atoms with Gasteiger partial charge in [-0.15, -0.1) is 0 Å². The van der Waals surface area contributed by atoms with Crippen molar-refractivity contribution < 1.29 is 19.4 Å². The number of anilines is 1. The van der Waals surface area contributed by atoms with Gasteiger partial charge in [0.1, 0.15) is 5.69 Å². The van der Waals surface area contributed by atoms with E-state index in [0.29, 0.717) is 11.5 Å². The number of aryl methyl sites for hydroxylation is 1. The summed E-state index contributed by atoms with van der Waals surface area (Å²) in [7, 11) is 1.53. The SMILES string of the molecule is CCc1ccc(Oc2nccc(C(=O)O)c2N)c(OC)c1. The highest BCUT2D eigenvalue weighted by molar-refractivity contribution is 5.94. The van der Waals surface area contributed by atoms with Gasteiger partial charge >= 0.3 is 5.97 Å². The van der Waals surface area contributed by atoms with Crippen LogP contribution in [0.2, 0.25) is 0 Å². The Bertz CT molecular complexity index is 671. The molecular formula is C15H16N2O4. The van der Waals surface area contributed by atoms with Crippen LogP contribution in [0.15, 0.2) is 30.5 Å². The van der Waals surface area contributed by atoms with Crippen LogP contribution in [0.5, 0.6) is 17.4 Å². The molecule has 0 saturated carbocycles. The van der Waals surface area contributed by atoms with Crippen LogP contribution in [0, 0.1) is 0 Å². The Morgan fingerprint density at radius 1 is 1.33 bits per heavy atom. The number of aromatic nitrogens is 1. The molecule has 1 heterocycles. The van der Waals surface area contributed by atoms with E-state index in [0.717, 1.165) is 12.0 Å². The lowest BCUT2D eigenvalue weighted by atomic mass is 10.1. The highest BCUT2D eigenvalue weighted by Crippen LogP contribution is 2.34. The molecule has 0 saturated heterocycles. The fraction of sp³-hybridized carbons (Fsp3) is 0.200. The number of ether oxygens (including phenoxy) is 2. The molecule has 0 aliphatic carbocycles. The van der Waals surface area contributed by atoms with Crippen molar-refractivity contribution in [3.8, 4) is 17.4 Å². The number of aromatic carboxylic acids is 1. The van der Waals surface area contributed by atoms with Crippen molar-refractivity contribution in [3.05, 3.63) is 41.6 Å². The minimum atomic E-state index is -1.13. The Hall–Kier alpha value is -2.76. The number of carboxylic acid groups (broad SMARTS) is 1. The highest BCUT2D eigenvalue weighted by Gasteiger charge is 2.15. The molecule has 110 valence electrons. The number of rotatable bonds is 5. The number of hydrogen-bond acceptors (Lipinski definition) is 5. The number of carbonyl (C=O) groups is 1. The van der Waals surface area contributed by atoms with Gasteiger partial charge in [-0.1, -0.05) is 13.0 Å². The molecule has 0 aliphatic rings. The van der Waals surface area contributed by atoms with Crippen LogP contribution in [0.3, 0.4) is 0 Å². The topological polar surface area (TPSA) is 94.7 Å². The highest BCUT2D eigenvalue weighted by atomic mass is 16.5. The first-order valence-electron chi connectivity index (χ1n) is 6.39. The van der Waals surface area contributed by atoms with E-state index in [1.807, 2.05) is 19.1 Å². The van der Waals surface area contributed by atoms with Crippen LogP contribution < -0.4 is 15.2 Å². The Labute approximate surface area is 122 Å². The molecule has 6 heteroatoms. The van der Waals surface area contributed by atoms with Crippen molar-refractivity contribution in [2.24, 2.45) is 0 Å². The monoisotopic (exact) mass is 288 g/mol. The molecule has 0 amide bonds. The van der Waals surface area contributed by atoms with Crippen LogP contribution >= 0.6 is 0 Å². The zero-order valence-corrected chi connectivity index (χ0v) is 11.8. The van der Waals surface area contributed by atoms with Crippen molar-refractivity contribution >= 4 is 11.7 Å². The van der Waals surface area contributed by atoms with E-state index in [1.54, 1.807) is 6.07 Å². The molecule has 0 bridgehead atoms. The van der Waals surface area contributed by atoms with Crippen LogP contribution in [0.4, 0.5) is 5.69 Å². The molecule has 2 aromatic rings. The number of pyridine rings is 1. The van der Waals surface area contributed by atoms with Crippen molar-refractivity contribution in [2.75, 3.05) is 12.8 Å². The summed E-state index contributed by atoms with van der Waals surface area (Å²) in [6.45, 7) is 2.03. The van der Waals surface area contributed by atoms with E-state index in [-0.39, 0.29) is 17.1 Å². The normalized spacial score (nSPS) is 10.2. The third-order valence-corrected chi connectivity index (χ3v) is 3.03. The summed E-state index contributed by atoms with van der Waals surface area (Å²) < 4.78 is 10.9. The molecule has 6 nitrogen and oxygen atoms in total. The Morgan fingerprint density at radius 3 is 2.71 bits per heavy atom. The molecule has 0 atom stereocenters. The molecule has 0 aliphatic heterocycles. The molecule has 0 fully saturated rings. The standard InChI is InChI=1S/C15H16N2O4/c1-3-9-4-5-11(12(8-9)20-2)21-14-13(16)10(15(18)19)6-7-17-14/h4-8H,3,16H2,1-2H3,(H,18,19). The Balaban J connectivity index is 2.38. The fourth-order valence-electron chi connectivity index (χ4n) is 1.84. The maximum absolute atomic E-state index is 11.0. The van der Waals surface area contributed by atoms with Gasteiger partial charge in [0.25, 0.3) is 0 Å². The lowest BCUT2D eigenvalue weighted by Crippen LogP contribution is -2.05. The maximum atomic E-state index is 11.0. The first-order valence-corrected chi connectivity index (χ1v) is 6.39. The Kier molecular flexibility index (Phi) is 4.27. The third-order valence-electron chi connectivity index (χ3n) is 3.03. The van der Waals surface area contributed by atoms with Gasteiger partial charge in [-0.25, -0.2) is 9.78 Å². The number of nitrogens with zero attached hydrogens (tertiary/aromatic N) is 1. The van der Waals surface area contributed by atoms with E-state index >= 15 is 0 Å². The van der Waals surface area contributed by atoms with Gasteiger partial charge in [0.15, 0.2) is 11.5 Å². The summed E-state index contributed by atoms with van der Waals surface area (Å²) in [6.07, 6.45) is 2.20. The number of nitrogens with two attached hydrogens (primary N) is 1. The van der Waals surface area contributed by atoms with E-state index < -0.39 is 5.97 Å². The van der Waals surface area contributed by atoms with Crippen LogP contribution in [0.25, 0.3) is 0 Å². The van der Waals surface area contributed by atoms with Crippen molar-refractivity contribution in [3.63, 3.8) is 0 Å². The quantitative estimate of drug-likeness (QED) is 0.878. The third kappa shape index (κ3) is 3.05. The first-order chi connectivity index (χ1) is 10.1. The summed E-state index contributed by atoms with van der Waals surface area (Å²) in [5.74, 6) is -0.127. The summed E-state index contributed by atoms with van der Waals surface area (Å²) >= 11 is 0. The van der Waals surface area contributed by atoms with E-state index in [1.165, 1.54) is 19.4 Å². The molecule has 0 unspecified atom stereocenters. The number of benzene rings is 1. The van der Waals surface area contributed by atoms with Gasteiger partial charge < -0.3 is 20.3 Å². The van der Waals surface area contributed by atoms with Crippen LogP contribution in [-0.4, -0.2) is 23.2 Å². The van der Waals surface area contributed by atoms with Crippen molar-refractivity contribution in [1.29, 1.82) is 0 Å². The summed E-state index contributed by atoms with van der Waals surface area (Å²) in [5.41, 5.74) is 6.79. The first kappa shape index (κ1) is 14.6. The minimum absolute atomic E-state index is 0.0216. The van der Waals surface area contributed by atoms with Gasteiger partial charge in [-0.2, -0.15) is 0 Å². The summed E-state index contributed by atoms with van der Waals surface area (Å²) in [6, 6.07) is 6.82. The zero-order chi connectivity index (χ0) is 15.4. The molecule has 1 aromatic carbocycles. The lowest BCUT2D eigenvalue weighted by Gasteiger charge is -2.12. The molecule has 1 aromatic heterocycles. The lowest BCUT2D eigenvalue weighted by molar-refractivity contribution is 0.0697. The zero-order valence-electron chi connectivity index (χ0n) is 11.8. The molecule has 3 N–H and O–H groups in total. The van der Waals surface area contributed by atoms with E-state index in [4.69, 9.17) is 20.3 Å². The number of methoxy groups -OCH3 is 1. The van der Waals surface area contributed by atoms with Gasteiger partial charge in [0, 0.05) is 6.20 Å². The van der Waals surface area contributed by atoms with E-state index in [9.17, 15) is 4.79 Å². The van der Waals surface area contributed by atoms with Gasteiger partial charge in [-0.3, -0.25) is 0 Å². The molecule has 2 rings (SSSR count). The average Bonchev–Trinajstić information content (AvgIpc) is 2.49. The van der Waals surface area contributed by atoms with Crippen LogP contribution in [-0.2, 0) is 6.42 Å². The second kappa shape index (κ2) is 6.13. The second-order valence-corrected chi connectivity index (χ2v) is 4.32. The second-order valence-electron chi connectivity index (χ2n) is 4.32. The average molecular weight is 288 g/mol. The largest absolute Gasteiger partial charge is 0.493 e. The number of hydrogen-bond donors (Lipinski definition) is 2. The minimum Gasteiger partial charge on any atom is -0.493 e. The smallest absolute Gasteiger partial charge is 0.338 e. The van der Waals surface area contributed by atoms with Crippen molar-refractivity contribution in [2.45, 2.75) is 13.3 Å². The van der Waals surface area contributed by atoms with Gasteiger partial charge in [-0.05, 0) is 30.2 Å². The van der Waals surface area contributed by atoms with Gasteiger partial charge in [0.05, 0.1) is 12.7 Å². The predicted octanol–water partition coefficient (Wildman–Crippen LogP) is 2.73. The maximum Gasteiger partial charge on any atom is 0.338 e. The fourth-order valence-corrected chi connectivity index (χ4v) is 1.84. The van der Waals surface area contributed by atoms with E-state index in [2.05, 4.69) is 4.98 Å². The Morgan fingerprint density at radius 2 is 2.10 bits per heavy atom. The molecular weight excluding hydrogens is 272 g/mol. The molecule has 0 spiro atoms. The number of nitrogen functional groups attached to an aromatic ring is 1. The van der Waals surface area contributed by atoms with Crippen LogP contribution in [0.1, 0.15) is 22.8 Å². The number of carboxylic acids is 1. The molecule has 0 radical (unpaired) electrons. The summed E-state index contributed by atoms with van der Waals surface area (Å²) in [4.78, 5) is 15.0. The molecule has 21 heavy (non-hydrogen) atoms. The summed E-state index contributed by atoms with van der Waals surface area (Å²) in [5, 5.41) is 9.04. The van der Waals surface area contributed by atoms with Crippen molar-refractivity contribution in [1.82, 2.24) is 4.98 Å². The predicted molar refractivity (Wildman–Crippen MR) is 78.1 cm³/mol. The van der Waals surface area contributed by atoms with Gasteiger partial charge in [0.2, 0.25) is 5.88 Å².